The van der Waals surface area contributed by atoms with Crippen molar-refractivity contribution >= 4 is 5.97 Å². The summed E-state index contributed by atoms with van der Waals surface area (Å²) in [6.45, 7) is 4.45. The van der Waals surface area contributed by atoms with Gasteiger partial charge in [0.25, 0.3) is 0 Å². The van der Waals surface area contributed by atoms with Gasteiger partial charge in [0.1, 0.15) is 0 Å². The third-order valence-electron chi connectivity index (χ3n) is 4.26. The fourth-order valence-corrected chi connectivity index (χ4v) is 3.06. The summed E-state index contributed by atoms with van der Waals surface area (Å²) >= 11 is 0. The van der Waals surface area contributed by atoms with Crippen LogP contribution in [0.4, 0.5) is 0 Å². The van der Waals surface area contributed by atoms with Gasteiger partial charge in [0.15, 0.2) is 0 Å². The van der Waals surface area contributed by atoms with Crippen LogP contribution in [-0.2, 0) is 11.8 Å². The largest absolute Gasteiger partial charge is 0.481 e. The third kappa shape index (κ3) is 2.57. The minimum absolute atomic E-state index is 0.0739. The number of nitrogens with zero attached hydrogens (tertiary/aromatic N) is 2. The molecular formula is C14H22N2O2. The minimum Gasteiger partial charge on any atom is -0.481 e. The number of hydrogen-bond acceptors (Lipinski definition) is 2. The lowest BCUT2D eigenvalue weighted by Crippen LogP contribution is -2.31. The average molecular weight is 250 g/mol. The fourth-order valence-electron chi connectivity index (χ4n) is 3.06. The Morgan fingerprint density at radius 3 is 2.72 bits per heavy atom. The SMILES string of the molecule is CC(C)C1CCC(C(=O)O)C(c2ccn(C)n2)C1. The predicted molar refractivity (Wildman–Crippen MR) is 69.3 cm³/mol. The maximum Gasteiger partial charge on any atom is 0.307 e. The van der Waals surface area contributed by atoms with Gasteiger partial charge in [-0.3, -0.25) is 9.48 Å². The van der Waals surface area contributed by atoms with Gasteiger partial charge in [-0.1, -0.05) is 13.8 Å². The van der Waals surface area contributed by atoms with E-state index in [2.05, 4.69) is 18.9 Å². The highest BCUT2D eigenvalue weighted by molar-refractivity contribution is 5.71. The van der Waals surface area contributed by atoms with Crippen LogP contribution >= 0.6 is 0 Å². The van der Waals surface area contributed by atoms with Crippen LogP contribution in [0.3, 0.4) is 0 Å². The Bertz CT molecular complexity index is 425. The number of aromatic nitrogens is 2. The van der Waals surface area contributed by atoms with E-state index in [0.29, 0.717) is 11.8 Å². The number of aliphatic carboxylic acids is 1. The van der Waals surface area contributed by atoms with Crippen molar-refractivity contribution in [3.05, 3.63) is 18.0 Å². The zero-order valence-corrected chi connectivity index (χ0v) is 11.3. The van der Waals surface area contributed by atoms with E-state index in [1.54, 1.807) is 4.68 Å². The van der Waals surface area contributed by atoms with Gasteiger partial charge < -0.3 is 5.11 Å². The van der Waals surface area contributed by atoms with Crippen LogP contribution in [-0.4, -0.2) is 20.9 Å². The van der Waals surface area contributed by atoms with E-state index >= 15 is 0 Å². The van der Waals surface area contributed by atoms with Crippen LogP contribution in [0.2, 0.25) is 0 Å². The van der Waals surface area contributed by atoms with Crippen molar-refractivity contribution in [2.75, 3.05) is 0 Å². The van der Waals surface area contributed by atoms with Crippen molar-refractivity contribution in [2.24, 2.45) is 24.8 Å². The monoisotopic (exact) mass is 250 g/mol. The van der Waals surface area contributed by atoms with Gasteiger partial charge in [0, 0.05) is 19.2 Å². The first kappa shape index (κ1) is 13.1. The van der Waals surface area contributed by atoms with Crippen LogP contribution in [0.5, 0.6) is 0 Å². The van der Waals surface area contributed by atoms with E-state index < -0.39 is 5.97 Å². The summed E-state index contributed by atoms with van der Waals surface area (Å²) < 4.78 is 1.76. The molecule has 2 rings (SSSR count). The van der Waals surface area contributed by atoms with E-state index in [1.807, 2.05) is 19.3 Å². The highest BCUT2D eigenvalue weighted by Gasteiger charge is 2.37. The summed E-state index contributed by atoms with van der Waals surface area (Å²) in [7, 11) is 1.88. The van der Waals surface area contributed by atoms with Crippen LogP contribution in [0.25, 0.3) is 0 Å². The Morgan fingerprint density at radius 1 is 1.50 bits per heavy atom. The second-order valence-electron chi connectivity index (χ2n) is 5.78. The highest BCUT2D eigenvalue weighted by Crippen LogP contribution is 2.42. The number of hydrogen-bond donors (Lipinski definition) is 1. The molecule has 0 spiro atoms. The molecule has 1 aromatic heterocycles. The van der Waals surface area contributed by atoms with Crippen molar-refractivity contribution in [1.82, 2.24) is 9.78 Å². The lowest BCUT2D eigenvalue weighted by Gasteiger charge is -2.35. The molecule has 4 nitrogen and oxygen atoms in total. The molecule has 1 aliphatic rings. The van der Waals surface area contributed by atoms with Gasteiger partial charge in [-0.2, -0.15) is 5.10 Å². The molecule has 0 bridgehead atoms. The van der Waals surface area contributed by atoms with Crippen LogP contribution < -0.4 is 0 Å². The quantitative estimate of drug-likeness (QED) is 0.897. The number of carbonyl (C=O) groups is 1. The molecule has 0 saturated heterocycles. The van der Waals surface area contributed by atoms with Crippen LogP contribution in [0.1, 0.15) is 44.7 Å². The first-order valence-electron chi connectivity index (χ1n) is 6.71. The molecule has 1 N–H and O–H groups in total. The molecule has 100 valence electrons. The van der Waals surface area contributed by atoms with Crippen molar-refractivity contribution in [3.8, 4) is 0 Å². The molecule has 1 aliphatic carbocycles. The number of carboxylic acid groups (broad SMARTS) is 1. The topological polar surface area (TPSA) is 55.1 Å². The van der Waals surface area contributed by atoms with Gasteiger partial charge >= 0.3 is 5.97 Å². The highest BCUT2D eigenvalue weighted by atomic mass is 16.4. The Hall–Kier alpha value is -1.32. The maximum absolute atomic E-state index is 11.4. The summed E-state index contributed by atoms with van der Waals surface area (Å²) in [5.41, 5.74) is 0.940. The second-order valence-corrected chi connectivity index (χ2v) is 5.78. The zero-order chi connectivity index (χ0) is 13.3. The van der Waals surface area contributed by atoms with Gasteiger partial charge in [-0.15, -0.1) is 0 Å². The Labute approximate surface area is 108 Å². The van der Waals surface area contributed by atoms with Crippen molar-refractivity contribution < 1.29 is 9.90 Å². The van der Waals surface area contributed by atoms with E-state index in [-0.39, 0.29) is 11.8 Å². The van der Waals surface area contributed by atoms with Crippen molar-refractivity contribution in [1.29, 1.82) is 0 Å². The standard InChI is InChI=1S/C14H22N2O2/c1-9(2)10-4-5-11(14(17)18)12(8-10)13-6-7-16(3)15-13/h6-7,9-12H,4-5,8H2,1-3H3,(H,17,18). The molecule has 3 unspecified atom stereocenters. The Kier molecular flexibility index (Phi) is 3.73. The molecule has 4 heteroatoms. The molecule has 0 amide bonds. The maximum atomic E-state index is 11.4. The molecule has 1 saturated carbocycles. The first-order chi connectivity index (χ1) is 8.49. The van der Waals surface area contributed by atoms with Gasteiger partial charge in [0.05, 0.1) is 11.6 Å². The van der Waals surface area contributed by atoms with E-state index in [1.165, 1.54) is 0 Å². The first-order valence-corrected chi connectivity index (χ1v) is 6.71. The molecule has 0 aromatic carbocycles. The summed E-state index contributed by atoms with van der Waals surface area (Å²) in [6.07, 6.45) is 4.65. The summed E-state index contributed by atoms with van der Waals surface area (Å²) in [5.74, 6) is 0.367. The summed E-state index contributed by atoms with van der Waals surface area (Å²) in [5, 5.41) is 13.8. The molecule has 0 radical (unpaired) electrons. The minimum atomic E-state index is -0.673. The predicted octanol–water partition coefficient (Wildman–Crippen LogP) is 2.66. The fraction of sp³-hybridized carbons (Fsp3) is 0.714. The molecule has 1 fully saturated rings. The number of rotatable bonds is 3. The average Bonchev–Trinajstić information content (AvgIpc) is 2.74. The van der Waals surface area contributed by atoms with E-state index in [9.17, 15) is 9.90 Å². The zero-order valence-electron chi connectivity index (χ0n) is 11.3. The molecular weight excluding hydrogens is 228 g/mol. The lowest BCUT2D eigenvalue weighted by atomic mass is 9.69. The van der Waals surface area contributed by atoms with Gasteiger partial charge in [-0.25, -0.2) is 0 Å². The summed E-state index contributed by atoms with van der Waals surface area (Å²) in [6, 6.07) is 1.96. The van der Waals surface area contributed by atoms with E-state index in [0.717, 1.165) is 25.0 Å². The molecule has 18 heavy (non-hydrogen) atoms. The van der Waals surface area contributed by atoms with Gasteiger partial charge in [-0.05, 0) is 37.2 Å². The third-order valence-corrected chi connectivity index (χ3v) is 4.26. The molecule has 1 heterocycles. The van der Waals surface area contributed by atoms with E-state index in [4.69, 9.17) is 0 Å². The number of aryl methyl sites for hydroxylation is 1. The van der Waals surface area contributed by atoms with Crippen molar-refractivity contribution in [3.63, 3.8) is 0 Å². The molecule has 0 aliphatic heterocycles. The van der Waals surface area contributed by atoms with Gasteiger partial charge in [0.2, 0.25) is 0 Å². The lowest BCUT2D eigenvalue weighted by molar-refractivity contribution is -0.144. The van der Waals surface area contributed by atoms with Crippen LogP contribution in [0.15, 0.2) is 12.3 Å². The Morgan fingerprint density at radius 2 is 2.22 bits per heavy atom. The smallest absolute Gasteiger partial charge is 0.307 e. The Balaban J connectivity index is 2.22. The second kappa shape index (κ2) is 5.12. The normalized spacial score (nSPS) is 28.6. The van der Waals surface area contributed by atoms with Crippen LogP contribution in [0, 0.1) is 17.8 Å². The summed E-state index contributed by atoms with van der Waals surface area (Å²) in [4.78, 5) is 11.4. The molecule has 1 aromatic rings. The van der Waals surface area contributed by atoms with Crippen molar-refractivity contribution in [2.45, 2.75) is 39.0 Å². The number of carboxylic acids is 1. The molecule has 3 atom stereocenters.